The molecule has 0 aliphatic heterocycles. The van der Waals surface area contributed by atoms with E-state index in [1.54, 1.807) is 25.1 Å². The van der Waals surface area contributed by atoms with Gasteiger partial charge in [0.25, 0.3) is 5.69 Å². The highest BCUT2D eigenvalue weighted by atomic mass is 16.6. The number of carboxylic acid groups (broad SMARTS) is 1. The number of nitro groups is 1. The number of rotatable bonds is 6. The molecule has 0 aliphatic carbocycles. The third-order valence-corrected chi connectivity index (χ3v) is 2.94. The maximum absolute atomic E-state index is 10.8. The topological polar surface area (TPSA) is 106 Å². The number of non-ortho nitro benzene ring substituents is 1. The number of nitro benzene ring substituents is 1. The van der Waals surface area contributed by atoms with Crippen LogP contribution in [0.5, 0.6) is 0 Å². The van der Waals surface area contributed by atoms with Crippen molar-refractivity contribution in [1.29, 1.82) is 0 Å². The Morgan fingerprint density at radius 2 is 2.00 bits per heavy atom. The van der Waals surface area contributed by atoms with E-state index in [1.165, 1.54) is 12.1 Å². The minimum absolute atomic E-state index is 0.0477. The number of furan rings is 1. The molecule has 2 aromatic rings. The van der Waals surface area contributed by atoms with E-state index in [4.69, 9.17) is 9.52 Å². The summed E-state index contributed by atoms with van der Waals surface area (Å²) >= 11 is 0. The Hall–Kier alpha value is -2.67. The van der Waals surface area contributed by atoms with E-state index in [2.05, 4.69) is 5.32 Å². The van der Waals surface area contributed by atoms with Crippen molar-refractivity contribution in [2.45, 2.75) is 20.0 Å². The Kier molecular flexibility index (Phi) is 4.34. The predicted octanol–water partition coefficient (Wildman–Crippen LogP) is 2.48. The SMILES string of the molecule is Cc1cc(CNCc2ccc([N+](=O)[O-])cc2)oc1C(=O)O. The first kappa shape index (κ1) is 14.7. The Morgan fingerprint density at radius 3 is 2.52 bits per heavy atom. The minimum Gasteiger partial charge on any atom is -0.475 e. The van der Waals surface area contributed by atoms with Crippen LogP contribution in [-0.2, 0) is 13.1 Å². The van der Waals surface area contributed by atoms with Gasteiger partial charge in [-0.3, -0.25) is 10.1 Å². The third-order valence-electron chi connectivity index (χ3n) is 2.94. The molecule has 2 N–H and O–H groups in total. The smallest absolute Gasteiger partial charge is 0.372 e. The molecule has 0 radical (unpaired) electrons. The summed E-state index contributed by atoms with van der Waals surface area (Å²) in [5.41, 5.74) is 1.52. The lowest BCUT2D eigenvalue weighted by atomic mass is 10.2. The summed E-state index contributed by atoms with van der Waals surface area (Å²) in [6.07, 6.45) is 0. The van der Waals surface area contributed by atoms with Gasteiger partial charge in [0.1, 0.15) is 5.76 Å². The predicted molar refractivity (Wildman–Crippen MR) is 74.0 cm³/mol. The summed E-state index contributed by atoms with van der Waals surface area (Å²) in [7, 11) is 0. The maximum atomic E-state index is 10.8. The first-order valence-corrected chi connectivity index (χ1v) is 6.24. The summed E-state index contributed by atoms with van der Waals surface area (Å²) in [6.45, 7) is 2.55. The lowest BCUT2D eigenvalue weighted by Crippen LogP contribution is -2.12. The number of aromatic carboxylic acids is 1. The number of hydrogen-bond acceptors (Lipinski definition) is 5. The van der Waals surface area contributed by atoms with E-state index < -0.39 is 10.9 Å². The largest absolute Gasteiger partial charge is 0.475 e. The van der Waals surface area contributed by atoms with Crippen LogP contribution in [0.4, 0.5) is 5.69 Å². The average Bonchev–Trinajstić information content (AvgIpc) is 2.80. The fourth-order valence-corrected chi connectivity index (χ4v) is 1.91. The monoisotopic (exact) mass is 290 g/mol. The van der Waals surface area contributed by atoms with Crippen LogP contribution in [0.2, 0.25) is 0 Å². The van der Waals surface area contributed by atoms with Crippen LogP contribution in [0.1, 0.15) is 27.4 Å². The third kappa shape index (κ3) is 3.67. The zero-order valence-corrected chi connectivity index (χ0v) is 11.3. The summed E-state index contributed by atoms with van der Waals surface area (Å²) in [4.78, 5) is 20.9. The van der Waals surface area contributed by atoms with Crippen molar-refractivity contribution >= 4 is 11.7 Å². The number of nitrogens with zero attached hydrogens (tertiary/aromatic N) is 1. The summed E-state index contributed by atoms with van der Waals surface area (Å²) in [5, 5.41) is 22.5. The number of nitrogens with one attached hydrogen (secondary N) is 1. The maximum Gasteiger partial charge on any atom is 0.372 e. The van der Waals surface area contributed by atoms with Crippen LogP contribution < -0.4 is 5.32 Å². The van der Waals surface area contributed by atoms with Crippen molar-refractivity contribution in [3.8, 4) is 0 Å². The molecular weight excluding hydrogens is 276 g/mol. The van der Waals surface area contributed by atoms with E-state index in [0.717, 1.165) is 5.56 Å². The van der Waals surface area contributed by atoms with E-state index >= 15 is 0 Å². The van der Waals surface area contributed by atoms with Crippen LogP contribution in [0.3, 0.4) is 0 Å². The standard InChI is InChI=1S/C14H14N2O5/c1-9-6-12(21-13(9)14(17)18)8-15-7-10-2-4-11(5-3-10)16(19)20/h2-6,15H,7-8H2,1H3,(H,17,18). The van der Waals surface area contributed by atoms with Crippen LogP contribution in [0.15, 0.2) is 34.7 Å². The highest BCUT2D eigenvalue weighted by Crippen LogP contribution is 2.15. The lowest BCUT2D eigenvalue weighted by Gasteiger charge is -2.02. The van der Waals surface area contributed by atoms with Crippen LogP contribution in [0.25, 0.3) is 0 Å². The van der Waals surface area contributed by atoms with E-state index in [0.29, 0.717) is 24.4 Å². The van der Waals surface area contributed by atoms with Gasteiger partial charge in [-0.1, -0.05) is 12.1 Å². The second-order valence-electron chi connectivity index (χ2n) is 4.56. The highest BCUT2D eigenvalue weighted by molar-refractivity contribution is 5.86. The molecule has 0 spiro atoms. The Labute approximate surface area is 120 Å². The highest BCUT2D eigenvalue weighted by Gasteiger charge is 2.13. The Balaban J connectivity index is 1.90. The molecular formula is C14H14N2O5. The fourth-order valence-electron chi connectivity index (χ4n) is 1.91. The van der Waals surface area contributed by atoms with Gasteiger partial charge in [0.2, 0.25) is 5.76 Å². The van der Waals surface area contributed by atoms with Gasteiger partial charge < -0.3 is 14.8 Å². The van der Waals surface area contributed by atoms with Gasteiger partial charge in [0, 0.05) is 24.2 Å². The molecule has 0 atom stereocenters. The first-order chi connectivity index (χ1) is 9.97. The van der Waals surface area contributed by atoms with Gasteiger partial charge in [-0.2, -0.15) is 0 Å². The van der Waals surface area contributed by atoms with Crippen LogP contribution >= 0.6 is 0 Å². The molecule has 21 heavy (non-hydrogen) atoms. The number of benzene rings is 1. The van der Waals surface area contributed by atoms with Gasteiger partial charge in [-0.15, -0.1) is 0 Å². The number of aryl methyl sites for hydroxylation is 1. The Morgan fingerprint density at radius 1 is 1.33 bits per heavy atom. The first-order valence-electron chi connectivity index (χ1n) is 6.24. The second-order valence-corrected chi connectivity index (χ2v) is 4.56. The molecule has 0 aliphatic rings. The van der Waals surface area contributed by atoms with Gasteiger partial charge in [-0.05, 0) is 18.6 Å². The summed E-state index contributed by atoms with van der Waals surface area (Å²) in [5.74, 6) is -0.608. The van der Waals surface area contributed by atoms with Gasteiger partial charge in [0.15, 0.2) is 0 Å². The molecule has 110 valence electrons. The summed E-state index contributed by atoms with van der Waals surface area (Å²) < 4.78 is 5.21. The van der Waals surface area contributed by atoms with Crippen molar-refractivity contribution in [3.63, 3.8) is 0 Å². The zero-order valence-electron chi connectivity index (χ0n) is 11.3. The summed E-state index contributed by atoms with van der Waals surface area (Å²) in [6, 6.07) is 7.89. The lowest BCUT2D eigenvalue weighted by molar-refractivity contribution is -0.384. The van der Waals surface area contributed by atoms with Crippen molar-refractivity contribution < 1.29 is 19.2 Å². The molecule has 0 bridgehead atoms. The number of carbonyl (C=O) groups is 1. The quantitative estimate of drug-likeness (QED) is 0.625. The van der Waals surface area contributed by atoms with Crippen LogP contribution in [-0.4, -0.2) is 16.0 Å². The molecule has 1 aromatic carbocycles. The molecule has 7 heteroatoms. The van der Waals surface area contributed by atoms with E-state index in [-0.39, 0.29) is 11.4 Å². The molecule has 0 saturated carbocycles. The van der Waals surface area contributed by atoms with Crippen molar-refractivity contribution in [2.24, 2.45) is 0 Å². The van der Waals surface area contributed by atoms with E-state index in [1.807, 2.05) is 0 Å². The molecule has 2 rings (SSSR count). The molecule has 1 aromatic heterocycles. The molecule has 0 unspecified atom stereocenters. The minimum atomic E-state index is -1.09. The van der Waals surface area contributed by atoms with Gasteiger partial charge in [0.05, 0.1) is 11.5 Å². The van der Waals surface area contributed by atoms with Crippen molar-refractivity contribution in [1.82, 2.24) is 5.32 Å². The number of carboxylic acids is 1. The van der Waals surface area contributed by atoms with Crippen LogP contribution in [0, 0.1) is 17.0 Å². The van der Waals surface area contributed by atoms with Crippen molar-refractivity contribution in [3.05, 3.63) is 63.1 Å². The van der Waals surface area contributed by atoms with E-state index in [9.17, 15) is 14.9 Å². The molecule has 1 heterocycles. The fraction of sp³-hybridized carbons (Fsp3) is 0.214. The number of hydrogen-bond donors (Lipinski definition) is 2. The average molecular weight is 290 g/mol. The van der Waals surface area contributed by atoms with Crippen molar-refractivity contribution in [2.75, 3.05) is 0 Å². The molecule has 0 saturated heterocycles. The molecule has 0 fully saturated rings. The molecule has 7 nitrogen and oxygen atoms in total. The van der Waals surface area contributed by atoms with Gasteiger partial charge >= 0.3 is 5.97 Å². The van der Waals surface area contributed by atoms with Gasteiger partial charge in [-0.25, -0.2) is 4.79 Å². The normalized spacial score (nSPS) is 10.5. The molecule has 0 amide bonds. The second kappa shape index (κ2) is 6.19. The zero-order chi connectivity index (χ0) is 15.4. The Bertz CT molecular complexity index is 661.